The topological polar surface area (TPSA) is 40.5 Å². The third-order valence-electron chi connectivity index (χ3n) is 0. The lowest BCUT2D eigenvalue weighted by Crippen LogP contribution is -1.25. The number of aliphatic hydroxyl groups excluding tert-OH is 2. The largest absolute Gasteiger partial charge is 0.400 e. The van der Waals surface area contributed by atoms with E-state index in [0.717, 1.165) is 14.2 Å². The van der Waals surface area contributed by atoms with Gasteiger partial charge in [-0.3, -0.25) is 0 Å². The normalized spacial score (nSPS) is 2.00. The molecule has 0 unspecified atom stereocenters. The Morgan fingerprint density at radius 1 is 0.833 bits per heavy atom. The summed E-state index contributed by atoms with van der Waals surface area (Å²) in [6, 6.07) is 0. The summed E-state index contributed by atoms with van der Waals surface area (Å²) in [4.78, 5) is 0. The second-order valence-electron chi connectivity index (χ2n) is 0. The van der Waals surface area contributed by atoms with Gasteiger partial charge >= 0.3 is 0 Å². The summed E-state index contributed by atoms with van der Waals surface area (Å²) in [7, 11) is 2.00. The first kappa shape index (κ1) is 37.7. The van der Waals surface area contributed by atoms with E-state index in [9.17, 15) is 0 Å². The molecule has 39 valence electrons. The van der Waals surface area contributed by atoms with E-state index in [-0.39, 0.29) is 15.8 Å². The van der Waals surface area contributed by atoms with Gasteiger partial charge in [-0.15, -0.1) is 0 Å². The van der Waals surface area contributed by atoms with Crippen molar-refractivity contribution < 1.29 is 10.2 Å². The molecule has 0 aliphatic heterocycles. The van der Waals surface area contributed by atoms with Gasteiger partial charge < -0.3 is 10.2 Å². The predicted octanol–water partition coefficient (Wildman–Crippen LogP) is -0.528. The fraction of sp³-hybridized carbons (Fsp3) is 1.00. The summed E-state index contributed by atoms with van der Waals surface area (Å²) in [5.41, 5.74) is 0. The first-order valence-corrected chi connectivity index (χ1v) is 0.894. The third kappa shape index (κ3) is 156000. The summed E-state index contributed by atoms with van der Waals surface area (Å²) >= 11 is 0. The van der Waals surface area contributed by atoms with E-state index < -0.39 is 0 Å². The second-order valence-corrected chi connectivity index (χ2v) is 0. The Labute approximate surface area is 41.4 Å². The van der Waals surface area contributed by atoms with Crippen molar-refractivity contribution in [2.45, 2.75) is 7.43 Å². The van der Waals surface area contributed by atoms with Gasteiger partial charge in [-0.25, -0.2) is 0 Å². The summed E-state index contributed by atoms with van der Waals surface area (Å²) in [5, 5.41) is 14.0. The summed E-state index contributed by atoms with van der Waals surface area (Å²) in [5.74, 6) is 0. The van der Waals surface area contributed by atoms with Gasteiger partial charge in [0.1, 0.15) is 0 Å². The third-order valence-corrected chi connectivity index (χ3v) is 0. The molecule has 0 rings (SSSR count). The Hall–Kier alpha value is -0.0151. The molecule has 0 bridgehead atoms. The fourth-order valence-corrected chi connectivity index (χ4v) is 0. The number of rotatable bonds is 0. The van der Waals surface area contributed by atoms with Crippen molar-refractivity contribution in [2.75, 3.05) is 14.2 Å². The van der Waals surface area contributed by atoms with Gasteiger partial charge in [0.15, 0.2) is 0 Å². The van der Waals surface area contributed by atoms with E-state index in [0.29, 0.717) is 0 Å². The molecule has 0 aromatic rings. The van der Waals surface area contributed by atoms with Gasteiger partial charge in [-0.2, -0.15) is 0 Å². The van der Waals surface area contributed by atoms with Crippen LogP contribution in [0.4, 0.5) is 0 Å². The zero-order valence-corrected chi connectivity index (χ0v) is 3.47. The fourth-order valence-electron chi connectivity index (χ4n) is 0. The summed E-state index contributed by atoms with van der Waals surface area (Å²) < 4.78 is 0. The van der Waals surface area contributed by atoms with Gasteiger partial charge in [0.25, 0.3) is 0 Å². The second kappa shape index (κ2) is 349000. The van der Waals surface area contributed by atoms with Crippen LogP contribution in [-0.2, 0) is 0 Å². The highest BCUT2D eigenvalue weighted by molar-refractivity contribution is 5.75. The number of hydrogen-bond donors (Lipinski definition) is 2. The molecular formula is C3H12BO2. The molecule has 0 heterocycles. The van der Waals surface area contributed by atoms with Gasteiger partial charge in [-0.1, -0.05) is 7.43 Å². The Bertz CT molecular complexity index is 8.75. The van der Waals surface area contributed by atoms with E-state index in [1.807, 2.05) is 0 Å². The Kier molecular flexibility index (Phi) is 2190000. The molecule has 6 heavy (non-hydrogen) atoms. The first-order valence-electron chi connectivity index (χ1n) is 0.894. The highest BCUT2D eigenvalue weighted by atomic mass is 16.2. The maximum Gasteiger partial charge on any atom is 0.0319 e. The van der Waals surface area contributed by atoms with Gasteiger partial charge in [-0.05, 0) is 0 Å². The highest BCUT2D eigenvalue weighted by Crippen LogP contribution is 0.757. The van der Waals surface area contributed by atoms with Crippen molar-refractivity contribution in [1.29, 1.82) is 0 Å². The van der Waals surface area contributed by atoms with Crippen LogP contribution in [0.25, 0.3) is 0 Å². The quantitative estimate of drug-likeness (QED) is 0.393. The highest BCUT2D eigenvalue weighted by Gasteiger charge is 0.841. The van der Waals surface area contributed by atoms with E-state index in [2.05, 4.69) is 0 Å². The summed E-state index contributed by atoms with van der Waals surface area (Å²) in [6.45, 7) is 0. The SMILES string of the molecule is C.CO.CO.[B]. The van der Waals surface area contributed by atoms with Crippen LogP contribution in [-0.4, -0.2) is 32.8 Å². The van der Waals surface area contributed by atoms with Crippen molar-refractivity contribution >= 4 is 8.41 Å². The van der Waals surface area contributed by atoms with E-state index >= 15 is 0 Å². The van der Waals surface area contributed by atoms with Crippen LogP contribution in [0.5, 0.6) is 0 Å². The molecule has 0 aliphatic carbocycles. The van der Waals surface area contributed by atoms with Crippen molar-refractivity contribution in [2.24, 2.45) is 0 Å². The smallest absolute Gasteiger partial charge is 0.0319 e. The molecule has 0 aromatic heterocycles. The van der Waals surface area contributed by atoms with Crippen LogP contribution in [0.2, 0.25) is 0 Å². The zero-order valence-electron chi connectivity index (χ0n) is 3.47. The van der Waals surface area contributed by atoms with Crippen LogP contribution >= 0.6 is 0 Å². The zero-order chi connectivity index (χ0) is 4.00. The van der Waals surface area contributed by atoms with Crippen molar-refractivity contribution in [3.63, 3.8) is 0 Å². The van der Waals surface area contributed by atoms with E-state index in [4.69, 9.17) is 10.2 Å². The Morgan fingerprint density at radius 2 is 0.833 bits per heavy atom. The molecule has 0 aliphatic rings. The molecule has 0 amide bonds. The molecule has 2 N–H and O–H groups in total. The maximum absolute atomic E-state index is 7.00. The molecular weight excluding hydrogens is 78.8 g/mol. The van der Waals surface area contributed by atoms with Crippen LogP contribution in [0.1, 0.15) is 7.43 Å². The first-order chi connectivity index (χ1) is 2.00. The van der Waals surface area contributed by atoms with Crippen molar-refractivity contribution in [3.8, 4) is 0 Å². The van der Waals surface area contributed by atoms with E-state index in [1.54, 1.807) is 0 Å². The minimum Gasteiger partial charge on any atom is -0.400 e. The number of hydrogen-bond acceptors (Lipinski definition) is 2. The van der Waals surface area contributed by atoms with Gasteiger partial charge in [0, 0.05) is 22.6 Å². The lowest BCUT2D eigenvalue weighted by molar-refractivity contribution is 0.399. The van der Waals surface area contributed by atoms with Crippen LogP contribution in [0, 0.1) is 0 Å². The lowest BCUT2D eigenvalue weighted by Gasteiger charge is -1.21. The van der Waals surface area contributed by atoms with E-state index in [1.165, 1.54) is 0 Å². The molecule has 3 heteroatoms. The van der Waals surface area contributed by atoms with Crippen LogP contribution < -0.4 is 0 Å². The minimum absolute atomic E-state index is 0. The lowest BCUT2D eigenvalue weighted by atomic mass is 10.8. The Balaban J connectivity index is -0.00000000500. The Morgan fingerprint density at radius 3 is 0.833 bits per heavy atom. The molecule has 0 spiro atoms. The minimum atomic E-state index is 0. The molecule has 0 saturated heterocycles. The van der Waals surface area contributed by atoms with Crippen LogP contribution in [0.15, 0.2) is 0 Å². The molecule has 2 nitrogen and oxygen atoms in total. The maximum atomic E-state index is 7.00. The van der Waals surface area contributed by atoms with Gasteiger partial charge in [0.05, 0.1) is 0 Å². The molecule has 0 saturated carbocycles. The molecule has 3 radical (unpaired) electrons. The van der Waals surface area contributed by atoms with Crippen molar-refractivity contribution in [3.05, 3.63) is 0 Å². The average Bonchev–Trinajstić information content (AvgIpc) is 1.50. The molecule has 0 atom stereocenters. The van der Waals surface area contributed by atoms with Crippen LogP contribution in [0.3, 0.4) is 0 Å². The predicted molar refractivity (Wildman–Crippen MR) is 28.8 cm³/mol. The average molecular weight is 90.9 g/mol. The monoisotopic (exact) mass is 91.1 g/mol. The molecule has 0 aromatic carbocycles. The standard InChI is InChI=1S/2CH4O.CH4.B/c2*1-2;;/h2*2H,1H3;1H4;. The molecule has 0 fully saturated rings. The number of aliphatic hydroxyl groups is 2. The summed E-state index contributed by atoms with van der Waals surface area (Å²) in [6.07, 6.45) is 0. The van der Waals surface area contributed by atoms with Gasteiger partial charge in [0.2, 0.25) is 0 Å². The van der Waals surface area contributed by atoms with Crippen molar-refractivity contribution in [1.82, 2.24) is 0 Å².